The number of nitrogens with one attached hydrogen (secondary N) is 1. The van der Waals surface area contributed by atoms with E-state index in [1.807, 2.05) is 36.1 Å². The largest absolute Gasteiger partial charge is 0.494 e. The first-order valence-corrected chi connectivity index (χ1v) is 11.6. The van der Waals surface area contributed by atoms with Gasteiger partial charge in [0.15, 0.2) is 5.11 Å². The van der Waals surface area contributed by atoms with E-state index >= 15 is 0 Å². The summed E-state index contributed by atoms with van der Waals surface area (Å²) in [6.45, 7) is 8.06. The highest BCUT2D eigenvalue weighted by atomic mass is 32.1. The molecule has 6 nitrogen and oxygen atoms in total. The molecule has 1 N–H and O–H groups in total. The summed E-state index contributed by atoms with van der Waals surface area (Å²) >= 11 is 5.53. The minimum atomic E-state index is -0.518. The first kappa shape index (κ1) is 24.1. The molecule has 1 unspecified atom stereocenters. The molecule has 1 aromatic rings. The highest BCUT2D eigenvalue weighted by molar-refractivity contribution is 7.80. The van der Waals surface area contributed by atoms with Crippen molar-refractivity contribution < 1.29 is 14.3 Å². The number of carbonyl (C=O) groups is 2. The molecular formula is C23H35N3O3S. The van der Waals surface area contributed by atoms with E-state index < -0.39 is 6.04 Å². The first-order chi connectivity index (χ1) is 14.5. The van der Waals surface area contributed by atoms with Gasteiger partial charge in [-0.1, -0.05) is 39.5 Å². The van der Waals surface area contributed by atoms with Crippen molar-refractivity contribution in [1.29, 1.82) is 0 Å². The molecule has 1 saturated heterocycles. The van der Waals surface area contributed by atoms with Crippen LogP contribution in [-0.4, -0.2) is 52.5 Å². The second-order valence-corrected chi connectivity index (χ2v) is 7.98. The number of rotatable bonds is 13. The van der Waals surface area contributed by atoms with E-state index in [1.165, 1.54) is 19.3 Å². The number of hydrogen-bond acceptors (Lipinski definition) is 4. The quantitative estimate of drug-likeness (QED) is 0.364. The standard InChI is InChI=1S/C23H35N3O3S/c1-4-7-8-9-10-15-26-20(22(28)25(6-3)23(26)30)17-21(27)24-18-11-13-19(14-12-18)29-16-5-2/h11-14,20H,4-10,15-17H2,1-3H3,(H,24,27). The van der Waals surface area contributed by atoms with E-state index in [9.17, 15) is 9.59 Å². The molecule has 0 bridgehead atoms. The molecule has 30 heavy (non-hydrogen) atoms. The van der Waals surface area contributed by atoms with Crippen molar-refractivity contribution in [2.24, 2.45) is 0 Å². The van der Waals surface area contributed by atoms with Crippen molar-refractivity contribution in [2.45, 2.75) is 71.8 Å². The Morgan fingerprint density at radius 2 is 1.77 bits per heavy atom. The van der Waals surface area contributed by atoms with Gasteiger partial charge >= 0.3 is 0 Å². The molecule has 1 aromatic carbocycles. The maximum atomic E-state index is 12.8. The normalized spacial score (nSPS) is 16.3. The Morgan fingerprint density at radius 3 is 2.40 bits per heavy atom. The average Bonchev–Trinajstić information content (AvgIpc) is 2.96. The van der Waals surface area contributed by atoms with Crippen molar-refractivity contribution >= 4 is 34.8 Å². The second kappa shape index (κ2) is 12.5. The van der Waals surface area contributed by atoms with Gasteiger partial charge in [0, 0.05) is 18.8 Å². The van der Waals surface area contributed by atoms with Gasteiger partial charge in [0.25, 0.3) is 5.91 Å². The highest BCUT2D eigenvalue weighted by Gasteiger charge is 2.42. The van der Waals surface area contributed by atoms with E-state index in [0.29, 0.717) is 30.5 Å². The molecule has 0 spiro atoms. The summed E-state index contributed by atoms with van der Waals surface area (Å²) in [5.74, 6) is 0.515. The molecule has 1 aliphatic rings. The number of benzene rings is 1. The van der Waals surface area contributed by atoms with Crippen LogP contribution in [0.25, 0.3) is 0 Å². The third-order valence-corrected chi connectivity index (χ3v) is 5.67. The van der Waals surface area contributed by atoms with Crippen molar-refractivity contribution in [3.8, 4) is 5.75 Å². The van der Waals surface area contributed by atoms with Gasteiger partial charge in [-0.2, -0.15) is 0 Å². The molecule has 0 aromatic heterocycles. The van der Waals surface area contributed by atoms with E-state index in [2.05, 4.69) is 19.2 Å². The van der Waals surface area contributed by atoms with E-state index in [4.69, 9.17) is 17.0 Å². The molecule has 0 radical (unpaired) electrons. The molecule has 1 heterocycles. The Kier molecular flexibility index (Phi) is 10.1. The lowest BCUT2D eigenvalue weighted by atomic mass is 10.1. The zero-order chi connectivity index (χ0) is 21.9. The van der Waals surface area contributed by atoms with Gasteiger partial charge < -0.3 is 15.0 Å². The number of anilines is 1. The lowest BCUT2D eigenvalue weighted by molar-refractivity contribution is -0.130. The minimum absolute atomic E-state index is 0.0745. The SMILES string of the molecule is CCCCCCCN1C(=S)N(CC)C(=O)C1CC(=O)Nc1ccc(OCCC)cc1. The zero-order valence-electron chi connectivity index (χ0n) is 18.5. The molecule has 2 amide bonds. The Bertz CT molecular complexity index is 708. The van der Waals surface area contributed by atoms with Crippen LogP contribution in [0.3, 0.4) is 0 Å². The summed E-state index contributed by atoms with van der Waals surface area (Å²) in [6.07, 6.45) is 6.72. The van der Waals surface area contributed by atoms with Gasteiger partial charge in [-0.15, -0.1) is 0 Å². The number of carbonyl (C=O) groups excluding carboxylic acids is 2. The molecule has 166 valence electrons. The number of ether oxygens (including phenoxy) is 1. The van der Waals surface area contributed by atoms with Crippen LogP contribution >= 0.6 is 12.2 Å². The van der Waals surface area contributed by atoms with E-state index in [1.54, 1.807) is 4.90 Å². The fourth-order valence-corrected chi connectivity index (χ4v) is 4.00. The van der Waals surface area contributed by atoms with Gasteiger partial charge in [-0.25, -0.2) is 0 Å². The minimum Gasteiger partial charge on any atom is -0.494 e. The number of amides is 2. The average molecular weight is 434 g/mol. The monoisotopic (exact) mass is 433 g/mol. The first-order valence-electron chi connectivity index (χ1n) is 11.2. The Hall–Kier alpha value is -2.15. The molecule has 7 heteroatoms. The zero-order valence-corrected chi connectivity index (χ0v) is 19.3. The summed E-state index contributed by atoms with van der Waals surface area (Å²) in [7, 11) is 0. The van der Waals surface area contributed by atoms with Crippen LogP contribution in [0.15, 0.2) is 24.3 Å². The maximum Gasteiger partial charge on any atom is 0.252 e. The number of unbranched alkanes of at least 4 members (excludes halogenated alkanes) is 4. The van der Waals surface area contributed by atoms with Crippen LogP contribution < -0.4 is 10.1 Å². The molecular weight excluding hydrogens is 398 g/mol. The highest BCUT2D eigenvalue weighted by Crippen LogP contribution is 2.23. The molecule has 1 fully saturated rings. The number of hydrogen-bond donors (Lipinski definition) is 1. The van der Waals surface area contributed by atoms with Gasteiger partial charge in [0.2, 0.25) is 5.91 Å². The number of likely N-dealkylation sites (N-methyl/N-ethyl adjacent to an activating group) is 1. The van der Waals surface area contributed by atoms with Crippen molar-refractivity contribution in [3.05, 3.63) is 24.3 Å². The van der Waals surface area contributed by atoms with E-state index in [-0.39, 0.29) is 18.2 Å². The van der Waals surface area contributed by atoms with Gasteiger partial charge in [0.1, 0.15) is 11.8 Å². The second-order valence-electron chi connectivity index (χ2n) is 7.61. The Labute approximate surface area is 185 Å². The predicted octanol–water partition coefficient (Wildman–Crippen LogP) is 4.59. The fourth-order valence-electron chi connectivity index (χ4n) is 3.56. The fraction of sp³-hybridized carbons (Fsp3) is 0.609. The molecule has 0 aliphatic carbocycles. The van der Waals surface area contributed by atoms with Crippen molar-refractivity contribution in [2.75, 3.05) is 25.0 Å². The van der Waals surface area contributed by atoms with Crippen LogP contribution in [0, 0.1) is 0 Å². The molecule has 1 aliphatic heterocycles. The van der Waals surface area contributed by atoms with Crippen LogP contribution in [0.5, 0.6) is 5.75 Å². The van der Waals surface area contributed by atoms with Crippen molar-refractivity contribution in [3.63, 3.8) is 0 Å². The molecule has 0 saturated carbocycles. The van der Waals surface area contributed by atoms with Gasteiger partial charge in [-0.3, -0.25) is 14.5 Å². The summed E-state index contributed by atoms with van der Waals surface area (Å²) in [5.41, 5.74) is 0.690. The summed E-state index contributed by atoms with van der Waals surface area (Å²) in [5, 5.41) is 3.44. The predicted molar refractivity (Wildman–Crippen MR) is 125 cm³/mol. The molecule has 2 rings (SSSR count). The van der Waals surface area contributed by atoms with Gasteiger partial charge in [-0.05, 0) is 56.2 Å². The van der Waals surface area contributed by atoms with Crippen LogP contribution in [0.2, 0.25) is 0 Å². The van der Waals surface area contributed by atoms with Crippen molar-refractivity contribution in [1.82, 2.24) is 9.80 Å². The Balaban J connectivity index is 1.95. The number of nitrogens with zero attached hydrogens (tertiary/aromatic N) is 2. The third kappa shape index (κ3) is 6.69. The summed E-state index contributed by atoms with van der Waals surface area (Å²) in [4.78, 5) is 29.0. The Morgan fingerprint density at radius 1 is 1.07 bits per heavy atom. The van der Waals surface area contributed by atoms with Crippen LogP contribution in [0.1, 0.15) is 65.7 Å². The topological polar surface area (TPSA) is 61.9 Å². The molecule has 1 atom stereocenters. The summed E-state index contributed by atoms with van der Waals surface area (Å²) in [6, 6.07) is 6.78. The van der Waals surface area contributed by atoms with Gasteiger partial charge in [0.05, 0.1) is 13.0 Å². The summed E-state index contributed by atoms with van der Waals surface area (Å²) < 4.78 is 5.56. The lowest BCUT2D eigenvalue weighted by Crippen LogP contribution is -2.38. The van der Waals surface area contributed by atoms with E-state index in [0.717, 1.165) is 25.0 Å². The maximum absolute atomic E-state index is 12.8. The third-order valence-electron chi connectivity index (χ3n) is 5.21. The number of thiocarbonyl (C=S) groups is 1. The lowest BCUT2D eigenvalue weighted by Gasteiger charge is -2.23. The smallest absolute Gasteiger partial charge is 0.252 e. The van der Waals surface area contributed by atoms with Crippen LogP contribution in [-0.2, 0) is 9.59 Å². The van der Waals surface area contributed by atoms with Crippen LogP contribution in [0.4, 0.5) is 5.69 Å².